The molecular formula is C13H11ClFNO. The molecule has 0 heterocycles. The van der Waals surface area contributed by atoms with Crippen LogP contribution in [0.2, 0.25) is 5.02 Å². The summed E-state index contributed by atoms with van der Waals surface area (Å²) < 4.78 is 19.1. The standard InChI is InChI=1S/C13H11ClFNO/c1-8-3-2-4-12(13(8)15)17-11-6-5-9(16)7-10(11)14/h2-7H,16H2,1H3. The molecule has 2 rings (SSSR count). The van der Waals surface area contributed by atoms with Gasteiger partial charge in [-0.15, -0.1) is 0 Å². The van der Waals surface area contributed by atoms with Gasteiger partial charge in [0.1, 0.15) is 5.75 Å². The van der Waals surface area contributed by atoms with E-state index in [-0.39, 0.29) is 11.6 Å². The van der Waals surface area contributed by atoms with E-state index in [1.54, 1.807) is 43.3 Å². The van der Waals surface area contributed by atoms with Crippen molar-refractivity contribution < 1.29 is 9.13 Å². The van der Waals surface area contributed by atoms with Crippen LogP contribution in [-0.4, -0.2) is 0 Å². The Hall–Kier alpha value is -1.74. The zero-order valence-corrected chi connectivity index (χ0v) is 9.96. The van der Waals surface area contributed by atoms with Crippen LogP contribution in [-0.2, 0) is 0 Å². The van der Waals surface area contributed by atoms with Crippen LogP contribution in [0.15, 0.2) is 36.4 Å². The van der Waals surface area contributed by atoms with Crippen LogP contribution in [0.4, 0.5) is 10.1 Å². The summed E-state index contributed by atoms with van der Waals surface area (Å²) >= 11 is 5.94. The number of anilines is 1. The van der Waals surface area contributed by atoms with Crippen LogP contribution < -0.4 is 10.5 Å². The fraction of sp³-hybridized carbons (Fsp3) is 0.0769. The second-order valence-electron chi connectivity index (χ2n) is 3.68. The highest BCUT2D eigenvalue weighted by Crippen LogP contribution is 2.32. The smallest absolute Gasteiger partial charge is 0.168 e. The molecular weight excluding hydrogens is 241 g/mol. The average molecular weight is 252 g/mol. The molecule has 4 heteroatoms. The van der Waals surface area contributed by atoms with Crippen molar-refractivity contribution in [1.29, 1.82) is 0 Å². The molecule has 2 nitrogen and oxygen atoms in total. The topological polar surface area (TPSA) is 35.2 Å². The Kier molecular flexibility index (Phi) is 3.20. The summed E-state index contributed by atoms with van der Waals surface area (Å²) in [6, 6.07) is 9.76. The number of benzene rings is 2. The molecule has 2 N–H and O–H groups in total. The molecule has 0 amide bonds. The molecule has 0 aromatic heterocycles. The van der Waals surface area contributed by atoms with Gasteiger partial charge in [0.25, 0.3) is 0 Å². The monoisotopic (exact) mass is 251 g/mol. The van der Waals surface area contributed by atoms with Crippen LogP contribution in [0.1, 0.15) is 5.56 Å². The zero-order valence-electron chi connectivity index (χ0n) is 9.21. The minimum absolute atomic E-state index is 0.150. The zero-order chi connectivity index (χ0) is 12.4. The van der Waals surface area contributed by atoms with E-state index in [2.05, 4.69) is 0 Å². The van der Waals surface area contributed by atoms with Gasteiger partial charge in [0.15, 0.2) is 11.6 Å². The number of nitrogen functional groups attached to an aromatic ring is 1. The quantitative estimate of drug-likeness (QED) is 0.814. The van der Waals surface area contributed by atoms with Gasteiger partial charge in [-0.25, -0.2) is 4.39 Å². The molecule has 17 heavy (non-hydrogen) atoms. The van der Waals surface area contributed by atoms with Crippen LogP contribution >= 0.6 is 11.6 Å². The second-order valence-corrected chi connectivity index (χ2v) is 4.09. The lowest BCUT2D eigenvalue weighted by molar-refractivity contribution is 0.440. The summed E-state index contributed by atoms with van der Waals surface area (Å²) in [6.45, 7) is 1.67. The summed E-state index contributed by atoms with van der Waals surface area (Å²) in [7, 11) is 0. The minimum atomic E-state index is -0.389. The number of halogens is 2. The van der Waals surface area contributed by atoms with E-state index in [0.717, 1.165) is 0 Å². The molecule has 0 radical (unpaired) electrons. The summed E-state index contributed by atoms with van der Waals surface area (Å²) in [4.78, 5) is 0. The van der Waals surface area contributed by atoms with Crippen molar-refractivity contribution >= 4 is 17.3 Å². The molecule has 88 valence electrons. The van der Waals surface area contributed by atoms with E-state index in [1.807, 2.05) is 0 Å². The highest BCUT2D eigenvalue weighted by atomic mass is 35.5. The number of hydrogen-bond acceptors (Lipinski definition) is 2. The molecule has 0 unspecified atom stereocenters. The number of aryl methyl sites for hydroxylation is 1. The molecule has 0 fully saturated rings. The SMILES string of the molecule is Cc1cccc(Oc2ccc(N)cc2Cl)c1F. The Balaban J connectivity index is 2.35. The molecule has 0 aliphatic carbocycles. The van der Waals surface area contributed by atoms with Gasteiger partial charge in [0, 0.05) is 5.69 Å². The van der Waals surface area contributed by atoms with Gasteiger partial charge in [-0.05, 0) is 36.8 Å². The van der Waals surface area contributed by atoms with Gasteiger partial charge in [0.05, 0.1) is 5.02 Å². The largest absolute Gasteiger partial charge is 0.453 e. The molecule has 0 saturated heterocycles. The Morgan fingerprint density at radius 3 is 2.65 bits per heavy atom. The van der Waals surface area contributed by atoms with Crippen LogP contribution in [0.5, 0.6) is 11.5 Å². The number of nitrogens with two attached hydrogens (primary N) is 1. The fourth-order valence-electron chi connectivity index (χ4n) is 1.42. The van der Waals surface area contributed by atoms with Crippen molar-refractivity contribution in [1.82, 2.24) is 0 Å². The van der Waals surface area contributed by atoms with Crippen molar-refractivity contribution in [3.8, 4) is 11.5 Å². The molecule has 0 bridgehead atoms. The summed E-state index contributed by atoms with van der Waals surface area (Å²) in [5, 5.41) is 0.353. The number of hydrogen-bond donors (Lipinski definition) is 1. The highest BCUT2D eigenvalue weighted by Gasteiger charge is 2.09. The van der Waals surface area contributed by atoms with Gasteiger partial charge in [-0.1, -0.05) is 23.7 Å². The first-order valence-corrected chi connectivity index (χ1v) is 5.43. The Morgan fingerprint density at radius 1 is 1.18 bits per heavy atom. The van der Waals surface area contributed by atoms with E-state index < -0.39 is 0 Å². The molecule has 2 aromatic rings. The van der Waals surface area contributed by atoms with Crippen molar-refractivity contribution in [2.45, 2.75) is 6.92 Å². The first-order chi connectivity index (χ1) is 8.08. The van der Waals surface area contributed by atoms with E-state index in [9.17, 15) is 4.39 Å². The maximum atomic E-state index is 13.7. The summed E-state index contributed by atoms with van der Waals surface area (Å²) in [6.07, 6.45) is 0. The Bertz CT molecular complexity index is 557. The minimum Gasteiger partial charge on any atom is -0.453 e. The first kappa shape index (κ1) is 11.7. The molecule has 0 spiro atoms. The van der Waals surface area contributed by atoms with E-state index in [4.69, 9.17) is 22.1 Å². The Labute approximate surface area is 104 Å². The van der Waals surface area contributed by atoms with Crippen molar-refractivity contribution in [3.63, 3.8) is 0 Å². The third-order valence-electron chi connectivity index (χ3n) is 2.33. The van der Waals surface area contributed by atoms with Crippen molar-refractivity contribution in [3.05, 3.63) is 52.8 Å². The normalized spacial score (nSPS) is 10.3. The van der Waals surface area contributed by atoms with Crippen LogP contribution in [0, 0.1) is 12.7 Å². The molecule has 2 aromatic carbocycles. The maximum Gasteiger partial charge on any atom is 0.168 e. The Morgan fingerprint density at radius 2 is 1.94 bits per heavy atom. The van der Waals surface area contributed by atoms with Crippen molar-refractivity contribution in [2.24, 2.45) is 0 Å². The van der Waals surface area contributed by atoms with Crippen molar-refractivity contribution in [2.75, 3.05) is 5.73 Å². The predicted octanol–water partition coefficient (Wildman–Crippen LogP) is 4.16. The van der Waals surface area contributed by atoms with Crippen LogP contribution in [0.25, 0.3) is 0 Å². The van der Waals surface area contributed by atoms with E-state index in [0.29, 0.717) is 22.0 Å². The third kappa shape index (κ3) is 2.50. The van der Waals surface area contributed by atoms with E-state index in [1.165, 1.54) is 0 Å². The summed E-state index contributed by atoms with van der Waals surface area (Å²) in [5.41, 5.74) is 6.62. The maximum absolute atomic E-state index is 13.7. The van der Waals surface area contributed by atoms with Gasteiger partial charge in [-0.3, -0.25) is 0 Å². The van der Waals surface area contributed by atoms with Gasteiger partial charge in [0.2, 0.25) is 0 Å². The third-order valence-corrected chi connectivity index (χ3v) is 2.63. The second kappa shape index (κ2) is 4.63. The lowest BCUT2D eigenvalue weighted by Crippen LogP contribution is -1.92. The summed E-state index contributed by atoms with van der Waals surface area (Å²) in [5.74, 6) is 0.141. The average Bonchev–Trinajstić information content (AvgIpc) is 2.28. The lowest BCUT2D eigenvalue weighted by atomic mass is 10.2. The number of rotatable bonds is 2. The first-order valence-electron chi connectivity index (χ1n) is 5.06. The molecule has 0 aliphatic rings. The van der Waals surface area contributed by atoms with Gasteiger partial charge < -0.3 is 10.5 Å². The molecule has 0 atom stereocenters. The predicted molar refractivity (Wildman–Crippen MR) is 67.1 cm³/mol. The highest BCUT2D eigenvalue weighted by molar-refractivity contribution is 6.32. The van der Waals surface area contributed by atoms with Gasteiger partial charge in [-0.2, -0.15) is 0 Å². The van der Waals surface area contributed by atoms with E-state index >= 15 is 0 Å². The fourth-order valence-corrected chi connectivity index (χ4v) is 1.65. The van der Waals surface area contributed by atoms with Crippen LogP contribution in [0.3, 0.4) is 0 Å². The number of ether oxygens (including phenoxy) is 1. The molecule has 0 saturated carbocycles. The van der Waals surface area contributed by atoms with Gasteiger partial charge >= 0.3 is 0 Å². The lowest BCUT2D eigenvalue weighted by Gasteiger charge is -2.09. The molecule has 0 aliphatic heterocycles.